The monoisotopic (exact) mass is 317 g/mol. The van der Waals surface area contributed by atoms with E-state index in [2.05, 4.69) is 0 Å². The Morgan fingerprint density at radius 3 is 2.64 bits per heavy atom. The molecule has 8 heteroatoms. The van der Waals surface area contributed by atoms with Crippen LogP contribution in [-0.4, -0.2) is 47.7 Å². The maximum atomic E-state index is 12.9. The number of benzene rings is 1. The first-order valence-electron chi connectivity index (χ1n) is 6.56. The molecule has 120 valence electrons. The average Bonchev–Trinajstić information content (AvgIpc) is 2.46. The summed E-state index contributed by atoms with van der Waals surface area (Å²) in [5.41, 5.74) is -1.06. The molecule has 1 N–H and O–H groups in total. The molecule has 0 saturated carbocycles. The van der Waals surface area contributed by atoms with Gasteiger partial charge in [-0.25, -0.2) is 4.79 Å². The molecule has 1 aliphatic rings. The Hall–Kier alpha value is -2.09. The summed E-state index contributed by atoms with van der Waals surface area (Å²) in [7, 11) is 0. The second-order valence-electron chi connectivity index (χ2n) is 4.85. The van der Waals surface area contributed by atoms with Crippen molar-refractivity contribution in [1.29, 1.82) is 0 Å². The minimum Gasteiger partial charge on any atom is -0.480 e. The Balaban J connectivity index is 2.20. The lowest BCUT2D eigenvalue weighted by Gasteiger charge is -2.33. The van der Waals surface area contributed by atoms with Gasteiger partial charge in [0.25, 0.3) is 0 Å². The van der Waals surface area contributed by atoms with Crippen LogP contribution < -0.4 is 0 Å². The van der Waals surface area contributed by atoms with E-state index in [1.165, 1.54) is 18.2 Å². The first kappa shape index (κ1) is 16.3. The van der Waals surface area contributed by atoms with E-state index < -0.39 is 36.1 Å². The summed E-state index contributed by atoms with van der Waals surface area (Å²) in [4.78, 5) is 24.3. The van der Waals surface area contributed by atoms with Gasteiger partial charge in [-0.15, -0.1) is 0 Å². The second-order valence-corrected chi connectivity index (χ2v) is 4.85. The first-order valence-corrected chi connectivity index (χ1v) is 6.56. The molecule has 1 aromatic rings. The molecule has 0 bridgehead atoms. The van der Waals surface area contributed by atoms with E-state index in [4.69, 9.17) is 9.84 Å². The Labute approximate surface area is 124 Å². The Morgan fingerprint density at radius 2 is 2.00 bits per heavy atom. The highest BCUT2D eigenvalue weighted by Gasteiger charge is 2.36. The summed E-state index contributed by atoms with van der Waals surface area (Å²) >= 11 is 0. The zero-order valence-corrected chi connectivity index (χ0v) is 11.5. The number of carboxylic acids is 1. The maximum absolute atomic E-state index is 12.9. The smallest absolute Gasteiger partial charge is 0.416 e. The van der Waals surface area contributed by atoms with Crippen molar-refractivity contribution in [3.63, 3.8) is 0 Å². The lowest BCUT2D eigenvalue weighted by atomic mass is 10.0. The number of morpholine rings is 1. The third-order valence-electron chi connectivity index (χ3n) is 3.40. The number of carbonyl (C=O) groups is 2. The number of hydrogen-bond donors (Lipinski definition) is 1. The molecular formula is C14H14F3NO4. The highest BCUT2D eigenvalue weighted by atomic mass is 19.4. The van der Waals surface area contributed by atoms with Crippen LogP contribution >= 0.6 is 0 Å². The topological polar surface area (TPSA) is 66.8 Å². The lowest BCUT2D eigenvalue weighted by Crippen LogP contribution is -2.53. The zero-order chi connectivity index (χ0) is 16.3. The van der Waals surface area contributed by atoms with Crippen LogP contribution in [0.1, 0.15) is 11.1 Å². The molecule has 1 unspecified atom stereocenters. The van der Waals surface area contributed by atoms with Crippen molar-refractivity contribution in [3.05, 3.63) is 35.4 Å². The fraction of sp³-hybridized carbons (Fsp3) is 0.429. The third-order valence-corrected chi connectivity index (χ3v) is 3.40. The molecule has 2 rings (SSSR count). The van der Waals surface area contributed by atoms with Crippen molar-refractivity contribution in [2.45, 2.75) is 18.6 Å². The highest BCUT2D eigenvalue weighted by Crippen LogP contribution is 2.32. The summed E-state index contributed by atoms with van der Waals surface area (Å²) < 4.78 is 43.7. The Morgan fingerprint density at radius 1 is 1.32 bits per heavy atom. The number of carboxylic acid groups (broad SMARTS) is 1. The largest absolute Gasteiger partial charge is 0.480 e. The van der Waals surface area contributed by atoms with Gasteiger partial charge >= 0.3 is 12.1 Å². The zero-order valence-electron chi connectivity index (χ0n) is 11.5. The van der Waals surface area contributed by atoms with Crippen molar-refractivity contribution >= 4 is 11.9 Å². The predicted molar refractivity (Wildman–Crippen MR) is 69.1 cm³/mol. The van der Waals surface area contributed by atoms with Gasteiger partial charge in [0.2, 0.25) is 5.91 Å². The fourth-order valence-corrected chi connectivity index (χ4v) is 2.32. The van der Waals surface area contributed by atoms with Gasteiger partial charge in [0.15, 0.2) is 6.04 Å². The molecule has 0 radical (unpaired) electrons. The van der Waals surface area contributed by atoms with Gasteiger partial charge in [-0.05, 0) is 11.6 Å². The molecule has 22 heavy (non-hydrogen) atoms. The molecule has 1 amide bonds. The van der Waals surface area contributed by atoms with Gasteiger partial charge in [-0.1, -0.05) is 18.2 Å². The second kappa shape index (κ2) is 6.35. The first-order chi connectivity index (χ1) is 10.3. The summed E-state index contributed by atoms with van der Waals surface area (Å²) in [6.45, 7) is 0.0441. The molecule has 5 nitrogen and oxygen atoms in total. The molecule has 1 fully saturated rings. The van der Waals surface area contributed by atoms with Crippen molar-refractivity contribution in [1.82, 2.24) is 4.90 Å². The Kier molecular flexibility index (Phi) is 4.70. The number of alkyl halides is 3. The van der Waals surface area contributed by atoms with E-state index in [0.29, 0.717) is 0 Å². The van der Waals surface area contributed by atoms with Crippen LogP contribution in [0.25, 0.3) is 0 Å². The van der Waals surface area contributed by atoms with Gasteiger partial charge in [-0.2, -0.15) is 13.2 Å². The number of carbonyl (C=O) groups excluding carboxylic acids is 1. The van der Waals surface area contributed by atoms with Crippen LogP contribution in [0.5, 0.6) is 0 Å². The quantitative estimate of drug-likeness (QED) is 0.919. The lowest BCUT2D eigenvalue weighted by molar-refractivity contribution is -0.158. The number of ether oxygens (including phenoxy) is 1. The minimum absolute atomic E-state index is 0.0456. The molecule has 1 aliphatic heterocycles. The van der Waals surface area contributed by atoms with E-state index in [9.17, 15) is 22.8 Å². The summed E-state index contributed by atoms with van der Waals surface area (Å²) in [6.07, 6.45) is -5.06. The van der Waals surface area contributed by atoms with E-state index in [0.717, 1.165) is 11.0 Å². The van der Waals surface area contributed by atoms with Gasteiger partial charge in [0, 0.05) is 6.54 Å². The number of rotatable bonds is 3. The molecule has 1 aromatic carbocycles. The van der Waals surface area contributed by atoms with Crippen LogP contribution in [0, 0.1) is 0 Å². The van der Waals surface area contributed by atoms with Gasteiger partial charge in [0.05, 0.1) is 25.2 Å². The minimum atomic E-state index is -4.56. The summed E-state index contributed by atoms with van der Waals surface area (Å²) in [5, 5.41) is 9.05. The maximum Gasteiger partial charge on any atom is 0.416 e. The normalized spacial score (nSPS) is 19.0. The van der Waals surface area contributed by atoms with E-state index in [1.807, 2.05) is 0 Å². The number of amides is 1. The number of hydrogen-bond acceptors (Lipinski definition) is 3. The predicted octanol–water partition coefficient (Wildman–Crippen LogP) is 1.56. The number of aliphatic carboxylic acids is 1. The van der Waals surface area contributed by atoms with Crippen LogP contribution in [0.15, 0.2) is 24.3 Å². The molecule has 1 atom stereocenters. The van der Waals surface area contributed by atoms with Gasteiger partial charge in [0.1, 0.15) is 0 Å². The van der Waals surface area contributed by atoms with Crippen molar-refractivity contribution < 1.29 is 32.6 Å². The molecular weight excluding hydrogens is 303 g/mol. The summed E-state index contributed by atoms with van der Waals surface area (Å²) in [5.74, 6) is -1.90. The molecule has 1 heterocycles. The van der Waals surface area contributed by atoms with E-state index in [-0.39, 0.29) is 25.3 Å². The van der Waals surface area contributed by atoms with Crippen LogP contribution in [-0.2, 0) is 26.9 Å². The molecule has 0 spiro atoms. The van der Waals surface area contributed by atoms with E-state index in [1.54, 1.807) is 0 Å². The van der Waals surface area contributed by atoms with E-state index >= 15 is 0 Å². The van der Waals surface area contributed by atoms with Crippen molar-refractivity contribution in [2.75, 3.05) is 19.8 Å². The highest BCUT2D eigenvalue weighted by molar-refractivity contribution is 5.85. The van der Waals surface area contributed by atoms with Crippen molar-refractivity contribution in [3.8, 4) is 0 Å². The average molecular weight is 317 g/mol. The molecule has 0 aromatic heterocycles. The number of halogens is 3. The van der Waals surface area contributed by atoms with Gasteiger partial charge < -0.3 is 14.7 Å². The Bertz CT molecular complexity index is 573. The fourth-order valence-electron chi connectivity index (χ4n) is 2.32. The van der Waals surface area contributed by atoms with Gasteiger partial charge in [-0.3, -0.25) is 4.79 Å². The molecule has 0 aliphatic carbocycles. The van der Waals surface area contributed by atoms with Crippen molar-refractivity contribution in [2.24, 2.45) is 0 Å². The van der Waals surface area contributed by atoms with Crippen LogP contribution in [0.2, 0.25) is 0 Å². The third kappa shape index (κ3) is 3.56. The summed E-state index contributed by atoms with van der Waals surface area (Å²) in [6, 6.07) is 3.60. The van der Waals surface area contributed by atoms with Crippen LogP contribution in [0.3, 0.4) is 0 Å². The molecule has 1 saturated heterocycles. The SMILES string of the molecule is O=C(O)C1COCCN1C(=O)Cc1ccccc1C(F)(F)F. The standard InChI is InChI=1S/C14H14F3NO4/c15-14(16,17)10-4-2-1-3-9(10)7-12(19)18-5-6-22-8-11(18)13(20)21/h1-4,11H,5-8H2,(H,20,21). The van der Waals surface area contributed by atoms with Crippen LogP contribution in [0.4, 0.5) is 13.2 Å². The number of nitrogens with zero attached hydrogens (tertiary/aromatic N) is 1.